The first-order chi connectivity index (χ1) is 9.60. The van der Waals surface area contributed by atoms with Crippen molar-refractivity contribution >= 4 is 5.91 Å². The number of carbonyl (C=O) groups excluding carboxylic acids is 1. The van der Waals surface area contributed by atoms with E-state index < -0.39 is 16.7 Å². The van der Waals surface area contributed by atoms with E-state index in [1.165, 1.54) is 0 Å². The molecule has 1 amide bonds. The van der Waals surface area contributed by atoms with Crippen LogP contribution in [0, 0.1) is 16.7 Å². The van der Waals surface area contributed by atoms with Gasteiger partial charge in [-0.15, -0.1) is 13.2 Å². The van der Waals surface area contributed by atoms with Gasteiger partial charge in [0.15, 0.2) is 0 Å². The Kier molecular flexibility index (Phi) is 3.93. The fraction of sp³-hybridized carbons (Fsp3) is 0.278. The lowest BCUT2D eigenvalue weighted by atomic mass is 9.57. The molecule has 0 saturated carbocycles. The van der Waals surface area contributed by atoms with Gasteiger partial charge in [-0.1, -0.05) is 60.8 Å². The molecule has 2 nitrogen and oxygen atoms in total. The molecule has 0 radical (unpaired) electrons. The van der Waals surface area contributed by atoms with Crippen LogP contribution in [0.15, 0.2) is 73.9 Å². The molecule has 0 aromatic rings. The quantitative estimate of drug-likeness (QED) is 0.762. The van der Waals surface area contributed by atoms with Crippen LogP contribution in [0.4, 0.5) is 0 Å². The highest BCUT2D eigenvalue weighted by molar-refractivity contribution is 5.80. The molecule has 2 heteroatoms. The SMILES string of the molecule is C=CC1(C(C(N)=O)C2(C=C)C=CC=CC2)C=CC=CC1. The highest BCUT2D eigenvalue weighted by Crippen LogP contribution is 2.50. The Bertz CT molecular complexity index is 496. The summed E-state index contributed by atoms with van der Waals surface area (Å²) < 4.78 is 0. The van der Waals surface area contributed by atoms with Crippen molar-refractivity contribution in [3.05, 3.63) is 73.9 Å². The Hall–Kier alpha value is -2.09. The molecule has 20 heavy (non-hydrogen) atoms. The lowest BCUT2D eigenvalue weighted by Crippen LogP contribution is -2.47. The molecule has 0 bridgehead atoms. The van der Waals surface area contributed by atoms with Gasteiger partial charge in [0.2, 0.25) is 5.91 Å². The normalized spacial score (nSPS) is 32.8. The van der Waals surface area contributed by atoms with E-state index >= 15 is 0 Å². The molecule has 2 rings (SSSR count). The minimum absolute atomic E-state index is 0.315. The summed E-state index contributed by atoms with van der Waals surface area (Å²) in [6, 6.07) is 0. The fourth-order valence-corrected chi connectivity index (χ4v) is 3.30. The first kappa shape index (κ1) is 14.3. The molecule has 0 fully saturated rings. The zero-order valence-electron chi connectivity index (χ0n) is 11.7. The second-order valence-electron chi connectivity index (χ2n) is 5.45. The molecular formula is C18H21NO. The van der Waals surface area contributed by atoms with Crippen LogP contribution >= 0.6 is 0 Å². The van der Waals surface area contributed by atoms with Crippen molar-refractivity contribution < 1.29 is 4.79 Å². The third-order valence-corrected chi connectivity index (χ3v) is 4.37. The van der Waals surface area contributed by atoms with Crippen LogP contribution in [-0.2, 0) is 4.79 Å². The smallest absolute Gasteiger partial charge is 0.222 e. The zero-order valence-corrected chi connectivity index (χ0v) is 11.7. The third kappa shape index (κ3) is 2.22. The monoisotopic (exact) mass is 267 g/mol. The van der Waals surface area contributed by atoms with E-state index in [2.05, 4.69) is 25.3 Å². The number of nitrogens with two attached hydrogens (primary N) is 1. The highest BCUT2D eigenvalue weighted by Gasteiger charge is 2.48. The molecular weight excluding hydrogens is 246 g/mol. The van der Waals surface area contributed by atoms with Gasteiger partial charge >= 0.3 is 0 Å². The van der Waals surface area contributed by atoms with E-state index in [9.17, 15) is 4.79 Å². The Morgan fingerprint density at radius 3 is 1.70 bits per heavy atom. The van der Waals surface area contributed by atoms with Gasteiger partial charge in [-0.3, -0.25) is 4.79 Å². The van der Waals surface area contributed by atoms with Crippen LogP contribution < -0.4 is 5.73 Å². The van der Waals surface area contributed by atoms with E-state index in [0.29, 0.717) is 0 Å². The summed E-state index contributed by atoms with van der Waals surface area (Å²) in [4.78, 5) is 12.2. The van der Waals surface area contributed by atoms with E-state index in [-0.39, 0.29) is 5.91 Å². The molecule has 0 aliphatic heterocycles. The van der Waals surface area contributed by atoms with Gasteiger partial charge in [0.25, 0.3) is 0 Å². The van der Waals surface area contributed by atoms with Gasteiger partial charge in [-0.05, 0) is 12.8 Å². The lowest BCUT2D eigenvalue weighted by molar-refractivity contribution is -0.127. The average molecular weight is 267 g/mol. The average Bonchev–Trinajstić information content (AvgIpc) is 2.49. The largest absolute Gasteiger partial charge is 0.369 e. The minimum atomic E-state index is -0.454. The molecule has 0 aromatic heterocycles. The molecule has 2 aliphatic rings. The second-order valence-corrected chi connectivity index (χ2v) is 5.45. The molecule has 0 saturated heterocycles. The molecule has 0 aromatic carbocycles. The topological polar surface area (TPSA) is 43.1 Å². The molecule has 0 heterocycles. The van der Waals surface area contributed by atoms with Crippen molar-refractivity contribution in [2.75, 3.05) is 0 Å². The highest BCUT2D eigenvalue weighted by atomic mass is 16.1. The molecule has 2 aliphatic carbocycles. The number of primary amides is 1. The number of hydrogen-bond donors (Lipinski definition) is 1. The number of rotatable bonds is 5. The Labute approximate surface area is 120 Å². The lowest BCUT2D eigenvalue weighted by Gasteiger charge is -2.45. The number of carbonyl (C=O) groups is 1. The van der Waals surface area contributed by atoms with Crippen molar-refractivity contribution in [2.24, 2.45) is 22.5 Å². The maximum absolute atomic E-state index is 12.2. The summed E-state index contributed by atoms with van der Waals surface area (Å²) in [5, 5.41) is 0. The maximum atomic E-state index is 12.2. The van der Waals surface area contributed by atoms with Crippen LogP contribution in [0.3, 0.4) is 0 Å². The van der Waals surface area contributed by atoms with Gasteiger partial charge in [-0.2, -0.15) is 0 Å². The summed E-state index contributed by atoms with van der Waals surface area (Å²) in [7, 11) is 0. The van der Waals surface area contributed by atoms with E-state index in [0.717, 1.165) is 12.8 Å². The van der Waals surface area contributed by atoms with Crippen molar-refractivity contribution in [1.82, 2.24) is 0 Å². The number of amides is 1. The predicted octanol–water partition coefficient (Wildman–Crippen LogP) is 3.46. The summed E-state index contributed by atoms with van der Waals surface area (Å²) in [6.07, 6.45) is 21.2. The summed E-state index contributed by atoms with van der Waals surface area (Å²) >= 11 is 0. The van der Waals surface area contributed by atoms with Crippen molar-refractivity contribution in [2.45, 2.75) is 12.8 Å². The molecule has 104 valence electrons. The van der Waals surface area contributed by atoms with Crippen molar-refractivity contribution in [3.8, 4) is 0 Å². The summed E-state index contributed by atoms with van der Waals surface area (Å²) in [5.41, 5.74) is 4.86. The fourth-order valence-electron chi connectivity index (χ4n) is 3.30. The van der Waals surface area contributed by atoms with Crippen LogP contribution in [0.5, 0.6) is 0 Å². The van der Waals surface area contributed by atoms with Crippen molar-refractivity contribution in [3.63, 3.8) is 0 Å². The maximum Gasteiger partial charge on any atom is 0.222 e. The van der Waals surface area contributed by atoms with Gasteiger partial charge in [0.1, 0.15) is 0 Å². The van der Waals surface area contributed by atoms with Gasteiger partial charge in [-0.25, -0.2) is 0 Å². The predicted molar refractivity (Wildman–Crippen MR) is 83.7 cm³/mol. The first-order valence-corrected chi connectivity index (χ1v) is 6.85. The Balaban J connectivity index is 2.53. The Morgan fingerprint density at radius 1 is 1.00 bits per heavy atom. The van der Waals surface area contributed by atoms with Crippen LogP contribution in [0.2, 0.25) is 0 Å². The number of allylic oxidation sites excluding steroid dienone is 10. The van der Waals surface area contributed by atoms with Gasteiger partial charge in [0.05, 0.1) is 5.92 Å². The summed E-state index contributed by atoms with van der Waals surface area (Å²) in [6.45, 7) is 7.90. The third-order valence-electron chi connectivity index (χ3n) is 4.37. The van der Waals surface area contributed by atoms with Gasteiger partial charge in [0, 0.05) is 10.8 Å². The van der Waals surface area contributed by atoms with E-state index in [1.807, 2.05) is 48.6 Å². The molecule has 2 atom stereocenters. The Morgan fingerprint density at radius 2 is 1.45 bits per heavy atom. The van der Waals surface area contributed by atoms with Crippen molar-refractivity contribution in [1.29, 1.82) is 0 Å². The molecule has 2 N–H and O–H groups in total. The standard InChI is InChI=1S/C18H21NO/c1-3-17(11-7-5-8-12-17)15(16(19)20)18(4-2)13-9-6-10-14-18/h3-11,13,15H,1-2,12,14H2,(H2,19,20). The van der Waals surface area contributed by atoms with E-state index in [4.69, 9.17) is 5.73 Å². The van der Waals surface area contributed by atoms with Crippen LogP contribution in [0.1, 0.15) is 12.8 Å². The second kappa shape index (κ2) is 5.49. The number of hydrogen-bond acceptors (Lipinski definition) is 1. The minimum Gasteiger partial charge on any atom is -0.369 e. The summed E-state index contributed by atoms with van der Waals surface area (Å²) in [5.74, 6) is -0.711. The van der Waals surface area contributed by atoms with E-state index in [1.54, 1.807) is 0 Å². The van der Waals surface area contributed by atoms with Crippen LogP contribution in [0.25, 0.3) is 0 Å². The molecule has 2 unspecified atom stereocenters. The molecule has 0 spiro atoms. The first-order valence-electron chi connectivity index (χ1n) is 6.85. The van der Waals surface area contributed by atoms with Gasteiger partial charge < -0.3 is 5.73 Å². The van der Waals surface area contributed by atoms with Crippen LogP contribution in [-0.4, -0.2) is 5.91 Å². The zero-order chi connectivity index (χ0) is 14.6.